The number of aliphatic hydroxyl groups excluding tert-OH is 1. The molecule has 0 saturated heterocycles. The van der Waals surface area contributed by atoms with Crippen molar-refractivity contribution in [2.75, 3.05) is 0 Å². The van der Waals surface area contributed by atoms with Crippen LogP contribution in [0.1, 0.15) is 46.9 Å². The van der Waals surface area contributed by atoms with Crippen molar-refractivity contribution in [3.63, 3.8) is 0 Å². The van der Waals surface area contributed by atoms with Crippen LogP contribution in [0.4, 0.5) is 4.39 Å². The zero-order valence-corrected chi connectivity index (χ0v) is 13.0. The predicted molar refractivity (Wildman–Crippen MR) is 84.6 cm³/mol. The van der Waals surface area contributed by atoms with Crippen LogP contribution in [0, 0.1) is 5.82 Å². The molecule has 1 aromatic heterocycles. The minimum absolute atomic E-state index is 0.0156. The maximum Gasteiger partial charge on any atom is 0.261 e. The second-order valence-corrected chi connectivity index (χ2v) is 5.58. The van der Waals surface area contributed by atoms with Crippen LogP contribution in [0.3, 0.4) is 0 Å². The van der Waals surface area contributed by atoms with E-state index in [-0.39, 0.29) is 30.2 Å². The maximum atomic E-state index is 13.6. The SMILES string of the molecule is CC(C)c1ccc(C(=O)NCc2ccc(CO)c(F)c2)c(=O)[nH]1. The molecule has 0 aliphatic carbocycles. The molecular formula is C17H19FN2O3. The molecule has 5 nitrogen and oxygen atoms in total. The number of aliphatic hydroxyl groups is 1. The van der Waals surface area contributed by atoms with Gasteiger partial charge in [0.1, 0.15) is 11.4 Å². The fourth-order valence-electron chi connectivity index (χ4n) is 2.11. The Morgan fingerprint density at radius 1 is 1.30 bits per heavy atom. The van der Waals surface area contributed by atoms with E-state index in [9.17, 15) is 14.0 Å². The molecule has 0 bridgehead atoms. The van der Waals surface area contributed by atoms with Gasteiger partial charge in [0.2, 0.25) is 0 Å². The van der Waals surface area contributed by atoms with E-state index in [0.29, 0.717) is 5.56 Å². The Kier molecular flexibility index (Phi) is 5.28. The standard InChI is InChI=1S/C17H19FN2O3/c1-10(2)15-6-5-13(17(23)20-15)16(22)19-8-11-3-4-12(9-21)14(18)7-11/h3-7,10,21H,8-9H2,1-2H3,(H,19,22)(H,20,23). The third-order valence-corrected chi connectivity index (χ3v) is 3.54. The van der Waals surface area contributed by atoms with Crippen LogP contribution in [-0.4, -0.2) is 16.0 Å². The molecule has 6 heteroatoms. The molecule has 1 aromatic carbocycles. The summed E-state index contributed by atoms with van der Waals surface area (Å²) in [5.74, 6) is -0.889. The van der Waals surface area contributed by atoms with E-state index in [1.54, 1.807) is 12.1 Å². The first-order valence-corrected chi connectivity index (χ1v) is 7.32. The zero-order chi connectivity index (χ0) is 17.0. The van der Waals surface area contributed by atoms with Crippen LogP contribution >= 0.6 is 0 Å². The zero-order valence-electron chi connectivity index (χ0n) is 13.0. The van der Waals surface area contributed by atoms with Crippen LogP contribution in [-0.2, 0) is 13.2 Å². The molecular weight excluding hydrogens is 299 g/mol. The summed E-state index contributed by atoms with van der Waals surface area (Å²) in [7, 11) is 0. The molecule has 1 heterocycles. The largest absolute Gasteiger partial charge is 0.392 e. The Hall–Kier alpha value is -2.47. The van der Waals surface area contributed by atoms with Crippen LogP contribution in [0.15, 0.2) is 35.1 Å². The highest BCUT2D eigenvalue weighted by molar-refractivity contribution is 5.93. The van der Waals surface area contributed by atoms with Crippen LogP contribution < -0.4 is 10.9 Å². The summed E-state index contributed by atoms with van der Waals surface area (Å²) in [6.07, 6.45) is 0. The number of nitrogens with one attached hydrogen (secondary N) is 2. The number of hydrogen-bond acceptors (Lipinski definition) is 3. The number of H-pyrrole nitrogens is 1. The molecule has 0 aliphatic rings. The number of amides is 1. The summed E-state index contributed by atoms with van der Waals surface area (Å²) in [6.45, 7) is 3.59. The lowest BCUT2D eigenvalue weighted by molar-refractivity contribution is 0.0949. The second kappa shape index (κ2) is 7.19. The molecule has 122 valence electrons. The molecule has 0 fully saturated rings. The Bertz CT molecular complexity index is 769. The lowest BCUT2D eigenvalue weighted by atomic mass is 10.1. The normalized spacial score (nSPS) is 10.8. The molecule has 2 rings (SSSR count). The number of aromatic amines is 1. The average molecular weight is 318 g/mol. The van der Waals surface area contributed by atoms with Crippen molar-refractivity contribution < 1.29 is 14.3 Å². The van der Waals surface area contributed by atoms with E-state index in [1.807, 2.05) is 13.8 Å². The average Bonchev–Trinajstić information content (AvgIpc) is 2.52. The van der Waals surface area contributed by atoms with Crippen molar-refractivity contribution in [3.8, 4) is 0 Å². The molecule has 0 saturated carbocycles. The van der Waals surface area contributed by atoms with Crippen LogP contribution in [0.5, 0.6) is 0 Å². The van der Waals surface area contributed by atoms with Crippen molar-refractivity contribution in [2.24, 2.45) is 0 Å². The highest BCUT2D eigenvalue weighted by atomic mass is 19.1. The Balaban J connectivity index is 2.08. The van der Waals surface area contributed by atoms with E-state index in [1.165, 1.54) is 18.2 Å². The summed E-state index contributed by atoms with van der Waals surface area (Å²) < 4.78 is 13.6. The van der Waals surface area contributed by atoms with Gasteiger partial charge in [0, 0.05) is 17.8 Å². The first kappa shape index (κ1) is 16.9. The maximum absolute atomic E-state index is 13.6. The molecule has 0 spiro atoms. The highest BCUT2D eigenvalue weighted by Gasteiger charge is 2.12. The van der Waals surface area contributed by atoms with Gasteiger partial charge in [0.25, 0.3) is 11.5 Å². The first-order chi connectivity index (χ1) is 10.9. The fraction of sp³-hybridized carbons (Fsp3) is 0.294. The number of halogens is 1. The molecule has 2 aromatic rings. The van der Waals surface area contributed by atoms with Gasteiger partial charge in [-0.1, -0.05) is 26.0 Å². The van der Waals surface area contributed by atoms with Crippen molar-refractivity contribution in [2.45, 2.75) is 32.9 Å². The fourth-order valence-corrected chi connectivity index (χ4v) is 2.11. The van der Waals surface area contributed by atoms with Gasteiger partial charge >= 0.3 is 0 Å². The summed E-state index contributed by atoms with van der Waals surface area (Å²) in [5, 5.41) is 11.5. The van der Waals surface area contributed by atoms with Gasteiger partial charge in [-0.25, -0.2) is 4.39 Å². The third kappa shape index (κ3) is 4.04. The lowest BCUT2D eigenvalue weighted by Crippen LogP contribution is -2.29. The van der Waals surface area contributed by atoms with E-state index in [0.717, 1.165) is 5.69 Å². The molecule has 0 radical (unpaired) electrons. The summed E-state index contributed by atoms with van der Waals surface area (Å²) in [4.78, 5) is 26.7. The lowest BCUT2D eigenvalue weighted by Gasteiger charge is -2.08. The van der Waals surface area contributed by atoms with Crippen LogP contribution in [0.25, 0.3) is 0 Å². The van der Waals surface area contributed by atoms with Gasteiger partial charge in [0.05, 0.1) is 6.61 Å². The van der Waals surface area contributed by atoms with Crippen molar-refractivity contribution in [3.05, 3.63) is 68.9 Å². The minimum atomic E-state index is -0.529. The van der Waals surface area contributed by atoms with Gasteiger partial charge in [-0.15, -0.1) is 0 Å². The van der Waals surface area contributed by atoms with Crippen molar-refractivity contribution in [1.29, 1.82) is 0 Å². The van der Waals surface area contributed by atoms with E-state index < -0.39 is 17.3 Å². The molecule has 3 N–H and O–H groups in total. The monoisotopic (exact) mass is 318 g/mol. The van der Waals surface area contributed by atoms with E-state index in [4.69, 9.17) is 5.11 Å². The summed E-state index contributed by atoms with van der Waals surface area (Å²) in [6, 6.07) is 7.51. The summed E-state index contributed by atoms with van der Waals surface area (Å²) in [5.41, 5.74) is 1.06. The van der Waals surface area contributed by atoms with Crippen molar-refractivity contribution in [1.82, 2.24) is 10.3 Å². The first-order valence-electron chi connectivity index (χ1n) is 7.32. The molecule has 0 atom stereocenters. The highest BCUT2D eigenvalue weighted by Crippen LogP contribution is 2.11. The minimum Gasteiger partial charge on any atom is -0.392 e. The van der Waals surface area contributed by atoms with Crippen molar-refractivity contribution >= 4 is 5.91 Å². The Labute approximate surface area is 133 Å². The molecule has 1 amide bonds. The van der Waals surface area contributed by atoms with Gasteiger partial charge in [-0.2, -0.15) is 0 Å². The second-order valence-electron chi connectivity index (χ2n) is 5.58. The van der Waals surface area contributed by atoms with E-state index in [2.05, 4.69) is 10.3 Å². The third-order valence-electron chi connectivity index (χ3n) is 3.54. The molecule has 0 unspecified atom stereocenters. The quantitative estimate of drug-likeness (QED) is 0.789. The predicted octanol–water partition coefficient (Wildman–Crippen LogP) is 2.06. The van der Waals surface area contributed by atoms with E-state index >= 15 is 0 Å². The summed E-state index contributed by atoms with van der Waals surface area (Å²) >= 11 is 0. The number of benzene rings is 1. The Morgan fingerprint density at radius 3 is 2.61 bits per heavy atom. The number of rotatable bonds is 5. The smallest absolute Gasteiger partial charge is 0.261 e. The number of carbonyl (C=O) groups excluding carboxylic acids is 1. The number of aromatic nitrogens is 1. The topological polar surface area (TPSA) is 82.2 Å². The van der Waals surface area contributed by atoms with Crippen LogP contribution in [0.2, 0.25) is 0 Å². The number of pyridine rings is 1. The number of hydrogen-bond donors (Lipinski definition) is 3. The van der Waals surface area contributed by atoms with Gasteiger partial charge in [-0.3, -0.25) is 9.59 Å². The number of carbonyl (C=O) groups is 1. The van der Waals surface area contributed by atoms with Gasteiger partial charge < -0.3 is 15.4 Å². The Morgan fingerprint density at radius 2 is 2.04 bits per heavy atom. The van der Waals surface area contributed by atoms with Gasteiger partial charge in [-0.05, 0) is 29.7 Å². The molecule has 23 heavy (non-hydrogen) atoms. The van der Waals surface area contributed by atoms with Gasteiger partial charge in [0.15, 0.2) is 0 Å². The molecule has 0 aliphatic heterocycles.